The highest BCUT2D eigenvalue weighted by Gasteiger charge is 2.12. The topological polar surface area (TPSA) is 30.0 Å². The van der Waals surface area contributed by atoms with Gasteiger partial charge in [0.25, 0.3) is 0 Å². The molecule has 2 rings (SSSR count). The number of hydrogen-bond acceptors (Lipinski definition) is 2. The molecule has 92 valence electrons. The van der Waals surface area contributed by atoms with Crippen LogP contribution < -0.4 is 0 Å². The Morgan fingerprint density at radius 3 is 2.22 bits per heavy atom. The smallest absolute Gasteiger partial charge is 0.169 e. The fourth-order valence-electron chi connectivity index (χ4n) is 1.41. The van der Waals surface area contributed by atoms with Crippen molar-refractivity contribution in [1.29, 1.82) is 0 Å². The van der Waals surface area contributed by atoms with Crippen LogP contribution in [0.1, 0.15) is 10.5 Å². The first kappa shape index (κ1) is 13.6. The molecule has 0 radical (unpaired) electrons. The second-order valence-electron chi connectivity index (χ2n) is 3.40. The summed E-state index contributed by atoms with van der Waals surface area (Å²) in [4.78, 5) is 14.9. The maximum absolute atomic E-state index is 10.8. The molecule has 2 aromatic rings. The molecular formula is C12H5Cl4NO. The molecule has 0 fully saturated rings. The number of rotatable bonds is 2. The zero-order valence-corrected chi connectivity index (χ0v) is 11.8. The van der Waals surface area contributed by atoms with Crippen LogP contribution in [-0.2, 0) is 0 Å². The quantitative estimate of drug-likeness (QED) is 0.564. The van der Waals surface area contributed by atoms with E-state index in [9.17, 15) is 4.79 Å². The predicted octanol–water partition coefficient (Wildman–Crippen LogP) is 5.17. The first-order valence-corrected chi connectivity index (χ1v) is 6.31. The van der Waals surface area contributed by atoms with E-state index in [1.165, 1.54) is 0 Å². The van der Waals surface area contributed by atoms with E-state index in [1.54, 1.807) is 24.3 Å². The molecule has 0 spiro atoms. The predicted molar refractivity (Wildman–Crippen MR) is 75.1 cm³/mol. The Balaban J connectivity index is 2.62. The second-order valence-corrected chi connectivity index (χ2v) is 4.97. The summed E-state index contributed by atoms with van der Waals surface area (Å²) in [6, 6.07) is 6.52. The van der Waals surface area contributed by atoms with Crippen LogP contribution in [0, 0.1) is 0 Å². The molecule has 6 heteroatoms. The lowest BCUT2D eigenvalue weighted by atomic mass is 10.1. The fourth-order valence-corrected chi connectivity index (χ4v) is 2.20. The lowest BCUT2D eigenvalue weighted by Crippen LogP contribution is -1.92. The minimum atomic E-state index is 0.149. The Bertz CT molecular complexity index is 628. The van der Waals surface area contributed by atoms with E-state index in [1.807, 2.05) is 0 Å². The van der Waals surface area contributed by atoms with Crippen molar-refractivity contribution in [1.82, 2.24) is 4.98 Å². The molecule has 0 atom stereocenters. The number of aldehydes is 1. The Labute approximate surface area is 123 Å². The van der Waals surface area contributed by atoms with Crippen molar-refractivity contribution < 1.29 is 4.79 Å². The van der Waals surface area contributed by atoms with Gasteiger partial charge in [-0.15, -0.1) is 0 Å². The van der Waals surface area contributed by atoms with Crippen molar-refractivity contribution >= 4 is 52.7 Å². The summed E-state index contributed by atoms with van der Waals surface area (Å²) in [6.07, 6.45) is 0.581. The van der Waals surface area contributed by atoms with Crippen LogP contribution in [0.3, 0.4) is 0 Å². The standard InChI is InChI=1S/C12H5Cl4NO/c13-7-3-4-9(17-10(7)5-18)6-1-2-8(14)12(16)11(6)15/h1-5H. The third-order valence-electron chi connectivity index (χ3n) is 2.30. The van der Waals surface area contributed by atoms with Crippen molar-refractivity contribution in [3.63, 3.8) is 0 Å². The third kappa shape index (κ3) is 2.47. The average Bonchev–Trinajstić information content (AvgIpc) is 2.37. The zero-order chi connectivity index (χ0) is 13.3. The molecule has 0 N–H and O–H groups in total. The summed E-state index contributed by atoms with van der Waals surface area (Å²) in [5, 5.41) is 1.18. The molecule has 0 amide bonds. The molecule has 1 aromatic carbocycles. The van der Waals surface area contributed by atoms with Gasteiger partial charge in [-0.05, 0) is 24.3 Å². The maximum Gasteiger partial charge on any atom is 0.169 e. The van der Waals surface area contributed by atoms with Crippen LogP contribution in [0.2, 0.25) is 20.1 Å². The van der Waals surface area contributed by atoms with Crippen molar-refractivity contribution in [2.75, 3.05) is 0 Å². The summed E-state index contributed by atoms with van der Waals surface area (Å²) in [5.74, 6) is 0. The average molecular weight is 321 g/mol. The van der Waals surface area contributed by atoms with Crippen molar-refractivity contribution in [2.45, 2.75) is 0 Å². The van der Waals surface area contributed by atoms with E-state index < -0.39 is 0 Å². The van der Waals surface area contributed by atoms with Crippen molar-refractivity contribution in [3.05, 3.63) is 50.0 Å². The summed E-state index contributed by atoms with van der Waals surface area (Å²) in [5.41, 5.74) is 1.24. The van der Waals surface area contributed by atoms with E-state index in [0.717, 1.165) is 0 Å². The molecule has 0 aliphatic rings. The molecule has 2 nitrogen and oxygen atoms in total. The summed E-state index contributed by atoms with van der Waals surface area (Å²) >= 11 is 23.7. The highest BCUT2D eigenvalue weighted by Crippen LogP contribution is 2.37. The summed E-state index contributed by atoms with van der Waals surface area (Å²) in [6.45, 7) is 0. The molecular weight excluding hydrogens is 316 g/mol. The van der Waals surface area contributed by atoms with Crippen molar-refractivity contribution in [3.8, 4) is 11.3 Å². The number of hydrogen-bond donors (Lipinski definition) is 0. The van der Waals surface area contributed by atoms with Gasteiger partial charge in [0, 0.05) is 5.56 Å². The van der Waals surface area contributed by atoms with Gasteiger partial charge in [0.15, 0.2) is 6.29 Å². The summed E-state index contributed by atoms with van der Waals surface area (Å²) in [7, 11) is 0. The first-order valence-electron chi connectivity index (χ1n) is 4.80. The molecule has 0 aliphatic heterocycles. The van der Waals surface area contributed by atoms with Gasteiger partial charge in [-0.1, -0.05) is 46.4 Å². The zero-order valence-electron chi connectivity index (χ0n) is 8.75. The SMILES string of the molecule is O=Cc1nc(-c2ccc(Cl)c(Cl)c2Cl)ccc1Cl. The lowest BCUT2D eigenvalue weighted by Gasteiger charge is -2.07. The van der Waals surface area contributed by atoms with Gasteiger partial charge < -0.3 is 0 Å². The number of pyridine rings is 1. The number of nitrogens with zero attached hydrogens (tertiary/aromatic N) is 1. The molecule has 0 aliphatic carbocycles. The normalized spacial score (nSPS) is 10.4. The Hall–Kier alpha value is -0.800. The van der Waals surface area contributed by atoms with Gasteiger partial charge in [0.05, 0.1) is 25.8 Å². The molecule has 0 bridgehead atoms. The van der Waals surface area contributed by atoms with E-state index in [0.29, 0.717) is 22.6 Å². The Morgan fingerprint density at radius 2 is 1.56 bits per heavy atom. The van der Waals surface area contributed by atoms with Crippen molar-refractivity contribution in [2.24, 2.45) is 0 Å². The van der Waals surface area contributed by atoms with E-state index >= 15 is 0 Å². The number of benzene rings is 1. The number of carbonyl (C=O) groups excluding carboxylic acids is 1. The van der Waals surface area contributed by atoms with Crippen LogP contribution >= 0.6 is 46.4 Å². The highest BCUT2D eigenvalue weighted by molar-refractivity contribution is 6.49. The third-order valence-corrected chi connectivity index (χ3v) is 3.91. The van der Waals surface area contributed by atoms with E-state index in [2.05, 4.69) is 4.98 Å². The molecule has 1 heterocycles. The molecule has 0 unspecified atom stereocenters. The summed E-state index contributed by atoms with van der Waals surface area (Å²) < 4.78 is 0. The van der Waals surface area contributed by atoms with Crippen LogP contribution in [0.15, 0.2) is 24.3 Å². The second kappa shape index (κ2) is 5.45. The fraction of sp³-hybridized carbons (Fsp3) is 0. The Kier molecular flexibility index (Phi) is 4.13. The van der Waals surface area contributed by atoms with Crippen LogP contribution in [0.25, 0.3) is 11.3 Å². The number of halogens is 4. The Morgan fingerprint density at radius 1 is 0.889 bits per heavy atom. The van der Waals surface area contributed by atoms with E-state index in [4.69, 9.17) is 46.4 Å². The minimum Gasteiger partial charge on any atom is -0.296 e. The molecule has 18 heavy (non-hydrogen) atoms. The van der Waals surface area contributed by atoms with Crippen LogP contribution in [0.4, 0.5) is 0 Å². The highest BCUT2D eigenvalue weighted by atomic mass is 35.5. The van der Waals surface area contributed by atoms with Gasteiger partial charge in [-0.3, -0.25) is 4.79 Å². The van der Waals surface area contributed by atoms with Gasteiger partial charge >= 0.3 is 0 Å². The van der Waals surface area contributed by atoms with Gasteiger partial charge in [0.2, 0.25) is 0 Å². The van der Waals surface area contributed by atoms with Gasteiger partial charge in [-0.2, -0.15) is 0 Å². The van der Waals surface area contributed by atoms with E-state index in [-0.39, 0.29) is 20.8 Å². The first-order chi connectivity index (χ1) is 8.54. The number of carbonyl (C=O) groups is 1. The van der Waals surface area contributed by atoms with Crippen LogP contribution in [-0.4, -0.2) is 11.3 Å². The van der Waals surface area contributed by atoms with Gasteiger partial charge in [-0.25, -0.2) is 4.98 Å². The van der Waals surface area contributed by atoms with Gasteiger partial charge in [0.1, 0.15) is 5.69 Å². The minimum absolute atomic E-state index is 0.149. The molecule has 0 saturated carbocycles. The van der Waals surface area contributed by atoms with Crippen LogP contribution in [0.5, 0.6) is 0 Å². The molecule has 1 aromatic heterocycles. The lowest BCUT2D eigenvalue weighted by molar-refractivity contribution is 0.111. The number of aromatic nitrogens is 1. The maximum atomic E-state index is 10.8. The monoisotopic (exact) mass is 319 g/mol. The molecule has 0 saturated heterocycles. The largest absolute Gasteiger partial charge is 0.296 e.